The summed E-state index contributed by atoms with van der Waals surface area (Å²) in [6.07, 6.45) is 0.736. The highest BCUT2D eigenvalue weighted by molar-refractivity contribution is 7.09. The van der Waals surface area contributed by atoms with Crippen LogP contribution in [0.15, 0.2) is 47.8 Å². The van der Waals surface area contributed by atoms with E-state index >= 15 is 0 Å². The molecule has 2 heterocycles. The number of methoxy groups -OCH3 is 1. The van der Waals surface area contributed by atoms with Crippen LogP contribution in [0.25, 0.3) is 0 Å². The van der Waals surface area contributed by atoms with Crippen molar-refractivity contribution in [3.8, 4) is 17.2 Å². The van der Waals surface area contributed by atoms with E-state index in [0.717, 1.165) is 28.4 Å². The molecule has 0 bridgehead atoms. The van der Waals surface area contributed by atoms with Gasteiger partial charge in [-0.05, 0) is 49.2 Å². The number of ether oxygens (including phenoxy) is 4. The molecule has 1 aromatic heterocycles. The average molecular weight is 455 g/mol. The largest absolute Gasteiger partial charge is 0.486 e. The van der Waals surface area contributed by atoms with E-state index in [1.54, 1.807) is 30.2 Å². The van der Waals surface area contributed by atoms with E-state index in [2.05, 4.69) is 4.98 Å². The molecular formula is C24H26N2O5S. The zero-order valence-corrected chi connectivity index (χ0v) is 19.0. The Morgan fingerprint density at radius 3 is 2.91 bits per heavy atom. The van der Waals surface area contributed by atoms with Crippen molar-refractivity contribution in [1.29, 1.82) is 0 Å². The van der Waals surface area contributed by atoms with Gasteiger partial charge in [-0.1, -0.05) is 12.1 Å². The van der Waals surface area contributed by atoms with E-state index in [9.17, 15) is 4.79 Å². The Morgan fingerprint density at radius 2 is 2.06 bits per heavy atom. The van der Waals surface area contributed by atoms with E-state index in [0.29, 0.717) is 43.4 Å². The third-order valence-corrected chi connectivity index (χ3v) is 5.86. The molecular weight excluding hydrogens is 428 g/mol. The molecule has 0 fully saturated rings. The summed E-state index contributed by atoms with van der Waals surface area (Å²) in [7, 11) is 1.66. The van der Waals surface area contributed by atoms with Crippen molar-refractivity contribution in [3.63, 3.8) is 0 Å². The fourth-order valence-corrected chi connectivity index (χ4v) is 4.09. The number of carbonyl (C=O) groups is 1. The lowest BCUT2D eigenvalue weighted by Crippen LogP contribution is -2.32. The molecule has 8 heteroatoms. The van der Waals surface area contributed by atoms with E-state index in [-0.39, 0.29) is 12.7 Å². The van der Waals surface area contributed by atoms with Crippen LogP contribution in [0.2, 0.25) is 0 Å². The van der Waals surface area contributed by atoms with Gasteiger partial charge < -0.3 is 23.8 Å². The number of nitrogens with zero attached hydrogens (tertiary/aromatic N) is 2. The zero-order chi connectivity index (χ0) is 22.3. The van der Waals surface area contributed by atoms with Gasteiger partial charge in [-0.25, -0.2) is 4.98 Å². The first-order chi connectivity index (χ1) is 15.6. The first-order valence-corrected chi connectivity index (χ1v) is 11.3. The molecule has 0 aliphatic carbocycles. The molecule has 0 atom stereocenters. The number of rotatable bonds is 10. The van der Waals surface area contributed by atoms with Crippen LogP contribution in [0.1, 0.15) is 33.0 Å². The summed E-state index contributed by atoms with van der Waals surface area (Å²) in [6, 6.07) is 13.2. The SMILES string of the molecule is COCCCN(Cc1csc(COc2cccc(C)c2)n1)C(=O)c1ccc2c(c1)OCO2. The molecule has 1 aliphatic rings. The monoisotopic (exact) mass is 454 g/mol. The van der Waals surface area contributed by atoms with Crippen LogP contribution in [0.4, 0.5) is 0 Å². The number of fused-ring (bicyclic) bond motifs is 1. The van der Waals surface area contributed by atoms with Gasteiger partial charge in [0.05, 0.1) is 12.2 Å². The van der Waals surface area contributed by atoms with E-state index in [4.69, 9.17) is 18.9 Å². The molecule has 0 saturated carbocycles. The third-order valence-electron chi connectivity index (χ3n) is 4.99. The van der Waals surface area contributed by atoms with Crippen molar-refractivity contribution < 1.29 is 23.7 Å². The van der Waals surface area contributed by atoms with Crippen LogP contribution in [0.3, 0.4) is 0 Å². The predicted octanol–water partition coefficient (Wildman–Crippen LogP) is 4.44. The molecule has 7 nitrogen and oxygen atoms in total. The Balaban J connectivity index is 1.42. The smallest absolute Gasteiger partial charge is 0.254 e. The summed E-state index contributed by atoms with van der Waals surface area (Å²) in [5, 5.41) is 2.85. The fourth-order valence-electron chi connectivity index (χ4n) is 3.40. The van der Waals surface area contributed by atoms with Crippen LogP contribution in [0, 0.1) is 6.92 Å². The minimum absolute atomic E-state index is 0.0787. The number of amides is 1. The lowest BCUT2D eigenvalue weighted by molar-refractivity contribution is 0.0721. The number of aryl methyl sites for hydroxylation is 1. The molecule has 1 amide bonds. The molecule has 1 aliphatic heterocycles. The lowest BCUT2D eigenvalue weighted by atomic mass is 10.1. The number of carbonyl (C=O) groups excluding carboxylic acids is 1. The second-order valence-electron chi connectivity index (χ2n) is 7.48. The molecule has 2 aromatic carbocycles. The molecule has 3 aromatic rings. The molecule has 0 spiro atoms. The van der Waals surface area contributed by atoms with Crippen LogP contribution >= 0.6 is 11.3 Å². The summed E-state index contributed by atoms with van der Waals surface area (Å²) in [5.41, 5.74) is 2.55. The predicted molar refractivity (Wildman–Crippen MR) is 121 cm³/mol. The van der Waals surface area contributed by atoms with E-state index in [1.165, 1.54) is 11.3 Å². The second-order valence-corrected chi connectivity index (χ2v) is 8.42. The van der Waals surface area contributed by atoms with Gasteiger partial charge in [0.2, 0.25) is 6.79 Å². The van der Waals surface area contributed by atoms with Crippen LogP contribution in [0.5, 0.6) is 17.2 Å². The van der Waals surface area contributed by atoms with Gasteiger partial charge in [-0.15, -0.1) is 11.3 Å². The van der Waals surface area contributed by atoms with Crippen LogP contribution in [-0.2, 0) is 17.9 Å². The fraction of sp³-hybridized carbons (Fsp3) is 0.333. The highest BCUT2D eigenvalue weighted by atomic mass is 32.1. The van der Waals surface area contributed by atoms with Crippen molar-refractivity contribution in [2.45, 2.75) is 26.5 Å². The number of hydrogen-bond donors (Lipinski definition) is 0. The quantitative estimate of drug-likeness (QED) is 0.422. The Bertz CT molecular complexity index is 1070. The standard InChI is InChI=1S/C24H26N2O5S/c1-17-5-3-6-20(11-17)29-14-23-25-19(15-32-23)13-26(9-4-10-28-2)24(27)18-7-8-21-22(12-18)31-16-30-21/h3,5-8,11-12,15H,4,9-10,13-14,16H2,1-2H3. The highest BCUT2D eigenvalue weighted by Gasteiger charge is 2.21. The molecule has 0 unspecified atom stereocenters. The Kier molecular flexibility index (Phi) is 7.24. The zero-order valence-electron chi connectivity index (χ0n) is 18.2. The number of hydrogen-bond acceptors (Lipinski definition) is 7. The lowest BCUT2D eigenvalue weighted by Gasteiger charge is -2.22. The molecule has 168 valence electrons. The molecule has 4 rings (SSSR count). The highest BCUT2D eigenvalue weighted by Crippen LogP contribution is 2.33. The van der Waals surface area contributed by atoms with Crippen LogP contribution in [-0.4, -0.2) is 42.8 Å². The first-order valence-electron chi connectivity index (χ1n) is 10.4. The molecule has 0 N–H and O–H groups in total. The maximum atomic E-state index is 13.2. The molecule has 32 heavy (non-hydrogen) atoms. The maximum absolute atomic E-state index is 13.2. The maximum Gasteiger partial charge on any atom is 0.254 e. The minimum Gasteiger partial charge on any atom is -0.486 e. The first kappa shape index (κ1) is 22.1. The minimum atomic E-state index is -0.0787. The topological polar surface area (TPSA) is 70.1 Å². The Hall–Kier alpha value is -3.10. The van der Waals surface area contributed by atoms with Gasteiger partial charge in [0.15, 0.2) is 11.5 Å². The van der Waals surface area contributed by atoms with Crippen molar-refractivity contribution >= 4 is 17.2 Å². The molecule has 0 saturated heterocycles. The van der Waals surface area contributed by atoms with Crippen molar-refractivity contribution in [1.82, 2.24) is 9.88 Å². The number of aromatic nitrogens is 1. The normalized spacial score (nSPS) is 12.1. The summed E-state index contributed by atoms with van der Waals surface area (Å²) in [6.45, 7) is 4.16. The number of thiazole rings is 1. The van der Waals surface area contributed by atoms with Gasteiger partial charge in [0.25, 0.3) is 5.91 Å². The van der Waals surface area contributed by atoms with Gasteiger partial charge in [-0.3, -0.25) is 4.79 Å². The Morgan fingerprint density at radius 1 is 1.19 bits per heavy atom. The number of benzene rings is 2. The van der Waals surface area contributed by atoms with Crippen LogP contribution < -0.4 is 14.2 Å². The summed E-state index contributed by atoms with van der Waals surface area (Å²) < 4.78 is 21.8. The third kappa shape index (κ3) is 5.57. The summed E-state index contributed by atoms with van der Waals surface area (Å²) in [4.78, 5) is 19.7. The Labute approximate surface area is 191 Å². The van der Waals surface area contributed by atoms with E-state index < -0.39 is 0 Å². The van der Waals surface area contributed by atoms with Gasteiger partial charge in [-0.2, -0.15) is 0 Å². The average Bonchev–Trinajstić information content (AvgIpc) is 3.45. The van der Waals surface area contributed by atoms with Gasteiger partial charge >= 0.3 is 0 Å². The van der Waals surface area contributed by atoms with Crippen molar-refractivity contribution in [2.75, 3.05) is 27.1 Å². The van der Waals surface area contributed by atoms with Crippen molar-refractivity contribution in [3.05, 3.63) is 69.7 Å². The van der Waals surface area contributed by atoms with E-state index in [1.807, 2.05) is 36.6 Å². The van der Waals surface area contributed by atoms with Gasteiger partial charge in [0, 0.05) is 31.2 Å². The van der Waals surface area contributed by atoms with Gasteiger partial charge in [0.1, 0.15) is 17.4 Å². The molecule has 0 radical (unpaired) electrons. The van der Waals surface area contributed by atoms with Crippen molar-refractivity contribution in [2.24, 2.45) is 0 Å². The summed E-state index contributed by atoms with van der Waals surface area (Å²) >= 11 is 1.53. The summed E-state index contributed by atoms with van der Waals surface area (Å²) in [5.74, 6) is 1.99. The second kappa shape index (κ2) is 10.5.